The first-order valence-electron chi connectivity index (χ1n) is 9.45. The highest BCUT2D eigenvalue weighted by molar-refractivity contribution is 6.42. The van der Waals surface area contributed by atoms with E-state index in [1.807, 2.05) is 0 Å². The molecular formula is C24H19ClN2O5. The van der Waals surface area contributed by atoms with Crippen molar-refractivity contribution in [2.45, 2.75) is 6.42 Å². The molecule has 1 fully saturated rings. The number of halogens is 1. The van der Waals surface area contributed by atoms with Crippen molar-refractivity contribution in [2.24, 2.45) is 0 Å². The number of carbonyl (C=O) groups excluding carboxylic acids is 3. The molecule has 0 radical (unpaired) electrons. The molecule has 7 nitrogen and oxygen atoms in total. The molecule has 1 aliphatic rings. The number of rotatable bonds is 7. The molecule has 0 spiro atoms. The first-order valence-corrected chi connectivity index (χ1v) is 9.83. The zero-order valence-electron chi connectivity index (χ0n) is 17.2. The van der Waals surface area contributed by atoms with E-state index in [1.165, 1.54) is 19.3 Å². The number of carbonyl (C=O) groups is 3. The van der Waals surface area contributed by atoms with Crippen LogP contribution in [0.15, 0.2) is 54.6 Å². The third kappa shape index (κ3) is 4.51. The van der Waals surface area contributed by atoms with Gasteiger partial charge in [0.15, 0.2) is 11.5 Å². The topological polar surface area (TPSA) is 84.9 Å². The summed E-state index contributed by atoms with van der Waals surface area (Å²) in [5.41, 5.74) is 1.11. The Morgan fingerprint density at radius 1 is 1.25 bits per heavy atom. The first kappa shape index (κ1) is 22.7. The van der Waals surface area contributed by atoms with Crippen LogP contribution in [0.4, 0.5) is 10.5 Å². The summed E-state index contributed by atoms with van der Waals surface area (Å²) in [5.74, 6) is 1.59. The zero-order valence-corrected chi connectivity index (χ0v) is 17.9. The Bertz CT molecular complexity index is 1180. The van der Waals surface area contributed by atoms with Gasteiger partial charge in [-0.25, -0.2) is 9.69 Å². The highest BCUT2D eigenvalue weighted by Gasteiger charge is 2.37. The lowest BCUT2D eigenvalue weighted by atomic mass is 10.0. The van der Waals surface area contributed by atoms with Gasteiger partial charge >= 0.3 is 6.03 Å². The molecule has 2 aromatic carbocycles. The molecule has 1 N–H and O–H groups in total. The molecule has 1 heterocycles. The van der Waals surface area contributed by atoms with Crippen LogP contribution in [-0.4, -0.2) is 31.6 Å². The molecule has 3 rings (SSSR count). The summed E-state index contributed by atoms with van der Waals surface area (Å²) in [6.45, 7) is 3.77. The van der Waals surface area contributed by atoms with Crippen LogP contribution in [0.2, 0.25) is 5.02 Å². The summed E-state index contributed by atoms with van der Waals surface area (Å²) in [7, 11) is 1.46. The fourth-order valence-corrected chi connectivity index (χ4v) is 3.40. The maximum atomic E-state index is 13.1. The first-order chi connectivity index (χ1) is 15.4. The van der Waals surface area contributed by atoms with Gasteiger partial charge in [-0.2, -0.15) is 0 Å². The maximum Gasteiger partial charge on any atom is 0.335 e. The Morgan fingerprint density at radius 2 is 2.00 bits per heavy atom. The Balaban J connectivity index is 2.08. The van der Waals surface area contributed by atoms with Gasteiger partial charge in [-0.3, -0.25) is 14.9 Å². The molecule has 1 aliphatic heterocycles. The Morgan fingerprint density at radius 3 is 2.66 bits per heavy atom. The molecule has 0 saturated carbocycles. The second-order valence-electron chi connectivity index (χ2n) is 6.61. The number of nitrogens with zero attached hydrogens (tertiary/aromatic N) is 1. The lowest BCUT2D eigenvalue weighted by molar-refractivity contribution is -0.122. The van der Waals surface area contributed by atoms with Crippen LogP contribution >= 0.6 is 11.6 Å². The standard InChI is InChI=1S/C24H19ClN2O5/c1-4-8-16-12-15(14-20(31-3)21(16)32-11-5-2)13-17-22(28)26-24(30)27(23(17)29)19-10-7-6-9-18(19)25/h2,4,6-7,9-10,12-14H,1,8,11H2,3H3,(H,26,28,30)/b17-13+. The van der Waals surface area contributed by atoms with Crippen molar-refractivity contribution < 1.29 is 23.9 Å². The third-order valence-corrected chi connectivity index (χ3v) is 4.86. The van der Waals surface area contributed by atoms with Crippen molar-refractivity contribution >= 4 is 41.2 Å². The third-order valence-electron chi connectivity index (χ3n) is 4.54. The van der Waals surface area contributed by atoms with Gasteiger partial charge in [0.05, 0.1) is 17.8 Å². The van der Waals surface area contributed by atoms with E-state index in [0.717, 1.165) is 4.90 Å². The van der Waals surface area contributed by atoms with Gasteiger partial charge in [0.25, 0.3) is 11.8 Å². The lowest BCUT2D eigenvalue weighted by Crippen LogP contribution is -2.54. The smallest absolute Gasteiger partial charge is 0.335 e. The molecular weight excluding hydrogens is 432 g/mol. The van der Waals surface area contributed by atoms with Gasteiger partial charge in [-0.15, -0.1) is 13.0 Å². The number of anilines is 1. The van der Waals surface area contributed by atoms with Crippen molar-refractivity contribution in [2.75, 3.05) is 18.6 Å². The van der Waals surface area contributed by atoms with Crippen molar-refractivity contribution in [3.63, 3.8) is 0 Å². The van der Waals surface area contributed by atoms with Crippen LogP contribution in [0.5, 0.6) is 11.5 Å². The van der Waals surface area contributed by atoms with E-state index in [-0.39, 0.29) is 22.9 Å². The monoisotopic (exact) mass is 450 g/mol. The number of allylic oxidation sites excluding steroid dienone is 1. The van der Waals surface area contributed by atoms with Crippen molar-refractivity contribution in [3.8, 4) is 23.8 Å². The Kier molecular flexibility index (Phi) is 6.98. The quantitative estimate of drug-likeness (QED) is 0.300. The number of terminal acetylenes is 1. The second-order valence-corrected chi connectivity index (χ2v) is 7.01. The minimum atomic E-state index is -0.881. The molecule has 4 amide bonds. The van der Waals surface area contributed by atoms with Gasteiger partial charge in [0, 0.05) is 5.56 Å². The molecule has 8 heteroatoms. The summed E-state index contributed by atoms with van der Waals surface area (Å²) in [6, 6.07) is 8.78. The van der Waals surface area contributed by atoms with E-state index in [2.05, 4.69) is 17.8 Å². The molecule has 0 unspecified atom stereocenters. The summed E-state index contributed by atoms with van der Waals surface area (Å²) < 4.78 is 11.0. The average molecular weight is 451 g/mol. The van der Waals surface area contributed by atoms with Crippen molar-refractivity contribution in [1.29, 1.82) is 0 Å². The van der Waals surface area contributed by atoms with E-state index in [9.17, 15) is 14.4 Å². The van der Waals surface area contributed by atoms with E-state index in [0.29, 0.717) is 29.0 Å². The number of hydrogen-bond acceptors (Lipinski definition) is 5. The number of methoxy groups -OCH3 is 1. The molecule has 0 atom stereocenters. The summed E-state index contributed by atoms with van der Waals surface area (Å²) >= 11 is 6.15. The van der Waals surface area contributed by atoms with Crippen LogP contribution < -0.4 is 19.7 Å². The molecule has 162 valence electrons. The fraction of sp³-hybridized carbons (Fsp3) is 0.125. The van der Waals surface area contributed by atoms with Crippen molar-refractivity contribution in [3.05, 3.63) is 70.8 Å². The number of benzene rings is 2. The van der Waals surface area contributed by atoms with Gasteiger partial charge in [0.1, 0.15) is 12.2 Å². The molecule has 0 aliphatic carbocycles. The van der Waals surface area contributed by atoms with Gasteiger partial charge < -0.3 is 9.47 Å². The normalized spacial score (nSPS) is 14.7. The molecule has 2 aromatic rings. The largest absolute Gasteiger partial charge is 0.493 e. The van der Waals surface area contributed by atoms with Crippen LogP contribution in [0.3, 0.4) is 0 Å². The predicted octanol–water partition coefficient (Wildman–Crippen LogP) is 3.76. The fourth-order valence-electron chi connectivity index (χ4n) is 3.18. The van der Waals surface area contributed by atoms with Crippen molar-refractivity contribution in [1.82, 2.24) is 5.32 Å². The number of urea groups is 1. The number of para-hydroxylation sites is 1. The van der Waals surface area contributed by atoms with Crippen LogP contribution in [-0.2, 0) is 16.0 Å². The number of nitrogens with one attached hydrogen (secondary N) is 1. The Hall–Kier alpha value is -4.02. The predicted molar refractivity (Wildman–Crippen MR) is 122 cm³/mol. The van der Waals surface area contributed by atoms with Crippen LogP contribution in [0.1, 0.15) is 11.1 Å². The number of ether oxygens (including phenoxy) is 2. The maximum absolute atomic E-state index is 13.1. The number of amides is 4. The summed E-state index contributed by atoms with van der Waals surface area (Å²) in [6.07, 6.45) is 8.76. The lowest BCUT2D eigenvalue weighted by Gasteiger charge is -2.27. The summed E-state index contributed by atoms with van der Waals surface area (Å²) in [4.78, 5) is 38.8. The molecule has 0 aromatic heterocycles. The minimum absolute atomic E-state index is 0.0384. The van der Waals surface area contributed by atoms with Gasteiger partial charge in [-0.1, -0.05) is 35.7 Å². The van der Waals surface area contributed by atoms with E-state index in [1.54, 1.807) is 36.4 Å². The molecule has 32 heavy (non-hydrogen) atoms. The van der Waals surface area contributed by atoms with Gasteiger partial charge in [0.2, 0.25) is 0 Å². The zero-order chi connectivity index (χ0) is 23.3. The highest BCUT2D eigenvalue weighted by atomic mass is 35.5. The molecule has 1 saturated heterocycles. The molecule has 0 bridgehead atoms. The van der Waals surface area contributed by atoms with Gasteiger partial charge in [-0.05, 0) is 42.3 Å². The van der Waals surface area contributed by atoms with E-state index < -0.39 is 17.8 Å². The van der Waals surface area contributed by atoms with Crippen LogP contribution in [0, 0.1) is 12.3 Å². The number of hydrogen-bond donors (Lipinski definition) is 1. The number of barbiturate groups is 1. The van der Waals surface area contributed by atoms with E-state index in [4.69, 9.17) is 27.5 Å². The average Bonchev–Trinajstić information content (AvgIpc) is 2.77. The highest BCUT2D eigenvalue weighted by Crippen LogP contribution is 2.35. The SMILES string of the molecule is C#CCOc1c(CC=C)cc(/C=C2\C(=O)NC(=O)N(c3ccccc3Cl)C2=O)cc1OC. The Labute approximate surface area is 190 Å². The number of imide groups is 2. The minimum Gasteiger partial charge on any atom is -0.493 e. The second kappa shape index (κ2) is 9.86. The summed E-state index contributed by atoms with van der Waals surface area (Å²) in [5, 5.41) is 2.36. The van der Waals surface area contributed by atoms with Crippen LogP contribution in [0.25, 0.3) is 6.08 Å². The van der Waals surface area contributed by atoms with E-state index >= 15 is 0 Å².